The van der Waals surface area contributed by atoms with Crippen LogP contribution in [0.25, 0.3) is 33.5 Å². The fraction of sp³-hybridized carbons (Fsp3) is 0.371. The van der Waals surface area contributed by atoms with Gasteiger partial charge in [-0.3, -0.25) is 4.57 Å². The largest absolute Gasteiger partial charge is 0.511 e. The van der Waals surface area contributed by atoms with Crippen molar-refractivity contribution >= 4 is 23.2 Å². The van der Waals surface area contributed by atoms with Crippen molar-refractivity contribution in [2.24, 2.45) is 0 Å². The lowest BCUT2D eigenvalue weighted by molar-refractivity contribution is -0.0914. The van der Waals surface area contributed by atoms with Crippen molar-refractivity contribution in [2.75, 3.05) is 6.61 Å². The number of fused-ring (bicyclic) bond motifs is 1. The summed E-state index contributed by atoms with van der Waals surface area (Å²) in [4.78, 5) is 32.0. The molecule has 1 aliphatic rings. The number of rotatable bonds is 11. The van der Waals surface area contributed by atoms with Crippen molar-refractivity contribution in [3.05, 3.63) is 77.9 Å². The molecule has 0 saturated heterocycles. The molecule has 0 radical (unpaired) electrons. The molecule has 1 aliphatic carbocycles. The molecule has 47 heavy (non-hydrogen) atoms. The fourth-order valence-electron chi connectivity index (χ4n) is 5.82. The Bertz CT molecular complexity index is 1840. The van der Waals surface area contributed by atoms with E-state index in [9.17, 15) is 9.59 Å². The van der Waals surface area contributed by atoms with Gasteiger partial charge in [-0.05, 0) is 73.6 Å². The first-order chi connectivity index (χ1) is 22.9. The van der Waals surface area contributed by atoms with Gasteiger partial charge in [0, 0.05) is 12.5 Å². The van der Waals surface area contributed by atoms with Crippen molar-refractivity contribution < 1.29 is 28.5 Å². The highest BCUT2D eigenvalue weighted by Crippen LogP contribution is 2.31. The lowest BCUT2D eigenvalue weighted by Crippen LogP contribution is -2.26. The van der Waals surface area contributed by atoms with E-state index in [4.69, 9.17) is 18.9 Å². The summed E-state index contributed by atoms with van der Waals surface area (Å²) in [5.74, 6) is -0.0867. The van der Waals surface area contributed by atoms with Crippen LogP contribution >= 0.6 is 0 Å². The van der Waals surface area contributed by atoms with Crippen molar-refractivity contribution in [3.8, 4) is 28.5 Å². The summed E-state index contributed by atoms with van der Waals surface area (Å²) in [7, 11) is 0. The third-order valence-electron chi connectivity index (χ3n) is 8.08. The van der Waals surface area contributed by atoms with Crippen LogP contribution in [0.5, 0.6) is 6.01 Å². The summed E-state index contributed by atoms with van der Waals surface area (Å²) in [6, 6.07) is 21.7. The molecule has 12 nitrogen and oxygen atoms in total. The molecular formula is C35H38N6O6. The highest BCUT2D eigenvalue weighted by atomic mass is 16.8. The molecule has 1 saturated carbocycles. The summed E-state index contributed by atoms with van der Waals surface area (Å²) in [6.45, 7) is 6.75. The number of esters is 1. The molecule has 0 aliphatic heterocycles. The fourth-order valence-corrected chi connectivity index (χ4v) is 5.82. The quantitative estimate of drug-likeness (QED) is 0.112. The number of benzene rings is 3. The number of para-hydroxylation sites is 1. The standard InChI is InChI=1S/C35H38N6O6/c1-4-41-38-32(37-39-41)28-15-10-9-14-27(28)25-20-18-24(19-21-25)22-40-31-29(16-11-17-30(31)36-34(40)44-5-2)33(42)45-23(3)46-35(43)47-26-12-7-6-8-13-26/h9-11,14-21,23,26H,4-8,12-13,22H2,1-3H3/t23-/m0/s1. The smallest absolute Gasteiger partial charge is 0.465 e. The van der Waals surface area contributed by atoms with E-state index in [1.54, 1.807) is 16.9 Å². The third kappa shape index (κ3) is 7.26. The topological polar surface area (TPSA) is 132 Å². The van der Waals surface area contributed by atoms with Gasteiger partial charge in [-0.15, -0.1) is 10.2 Å². The molecule has 2 aromatic heterocycles. The second-order valence-electron chi connectivity index (χ2n) is 11.3. The normalized spacial score (nSPS) is 14.1. The lowest BCUT2D eigenvalue weighted by Gasteiger charge is -2.22. The van der Waals surface area contributed by atoms with Crippen LogP contribution in [0.2, 0.25) is 0 Å². The molecule has 0 bridgehead atoms. The first kappa shape index (κ1) is 31.7. The van der Waals surface area contributed by atoms with E-state index in [2.05, 4.69) is 20.4 Å². The Balaban J connectivity index is 1.22. The predicted octanol–water partition coefficient (Wildman–Crippen LogP) is 6.81. The number of carbonyl (C=O) groups is 2. The van der Waals surface area contributed by atoms with Gasteiger partial charge in [0.25, 0.3) is 6.01 Å². The van der Waals surface area contributed by atoms with E-state index in [1.165, 1.54) is 6.92 Å². The van der Waals surface area contributed by atoms with E-state index in [0.29, 0.717) is 42.6 Å². The summed E-state index contributed by atoms with van der Waals surface area (Å²) < 4.78 is 24.0. The Hall–Kier alpha value is -5.26. The number of hydrogen-bond acceptors (Lipinski definition) is 10. The van der Waals surface area contributed by atoms with E-state index in [0.717, 1.165) is 54.4 Å². The van der Waals surface area contributed by atoms with Crippen LogP contribution in [-0.4, -0.2) is 60.9 Å². The van der Waals surface area contributed by atoms with Crippen LogP contribution in [0, 0.1) is 0 Å². The number of tetrazole rings is 1. The van der Waals surface area contributed by atoms with Crippen molar-refractivity contribution in [1.82, 2.24) is 29.8 Å². The molecule has 0 spiro atoms. The molecule has 6 rings (SSSR count). The van der Waals surface area contributed by atoms with E-state index < -0.39 is 18.4 Å². The second-order valence-corrected chi connectivity index (χ2v) is 11.3. The molecule has 1 atom stereocenters. The second kappa shape index (κ2) is 14.4. The van der Waals surface area contributed by atoms with Gasteiger partial charge in [0.1, 0.15) is 6.10 Å². The molecule has 244 valence electrons. The SMILES string of the molecule is CCOc1nc2cccc(C(=O)O[C@H](C)OC(=O)OC3CCCCC3)c2n1Cc1ccc(-c2ccccc2-c2nnn(CC)n2)cc1. The van der Waals surface area contributed by atoms with E-state index in [-0.39, 0.29) is 11.7 Å². The summed E-state index contributed by atoms with van der Waals surface area (Å²) >= 11 is 0. The number of nitrogens with zero attached hydrogens (tertiary/aromatic N) is 6. The number of aryl methyl sites for hydroxylation is 1. The summed E-state index contributed by atoms with van der Waals surface area (Å²) in [5.41, 5.74) is 5.24. The monoisotopic (exact) mass is 638 g/mol. The Kier molecular flexibility index (Phi) is 9.75. The van der Waals surface area contributed by atoms with Gasteiger partial charge in [-0.25, -0.2) is 9.59 Å². The first-order valence-electron chi connectivity index (χ1n) is 16.1. The zero-order valence-corrected chi connectivity index (χ0v) is 26.8. The molecular weight excluding hydrogens is 600 g/mol. The Morgan fingerprint density at radius 2 is 1.68 bits per heavy atom. The molecule has 12 heteroatoms. The summed E-state index contributed by atoms with van der Waals surface area (Å²) in [5, 5.41) is 12.8. The Morgan fingerprint density at radius 3 is 2.40 bits per heavy atom. The van der Waals surface area contributed by atoms with Gasteiger partial charge in [0.05, 0.1) is 36.3 Å². The Morgan fingerprint density at radius 1 is 0.915 bits per heavy atom. The lowest BCUT2D eigenvalue weighted by atomic mass is 9.98. The minimum atomic E-state index is -1.14. The minimum Gasteiger partial charge on any atom is -0.465 e. The number of imidazole rings is 1. The van der Waals surface area contributed by atoms with E-state index >= 15 is 0 Å². The average molecular weight is 639 g/mol. The highest BCUT2D eigenvalue weighted by Gasteiger charge is 2.25. The molecule has 3 aromatic carbocycles. The molecule has 2 heterocycles. The maximum Gasteiger partial charge on any atom is 0.511 e. The number of carbonyl (C=O) groups excluding carboxylic acids is 2. The number of hydrogen-bond donors (Lipinski definition) is 0. The van der Waals surface area contributed by atoms with Crippen molar-refractivity contribution in [1.29, 1.82) is 0 Å². The van der Waals surface area contributed by atoms with Crippen molar-refractivity contribution in [3.63, 3.8) is 0 Å². The molecule has 0 unspecified atom stereocenters. The number of ether oxygens (including phenoxy) is 4. The number of aromatic nitrogens is 6. The summed E-state index contributed by atoms with van der Waals surface area (Å²) in [6.07, 6.45) is 2.65. The predicted molar refractivity (Wildman–Crippen MR) is 174 cm³/mol. The van der Waals surface area contributed by atoms with Crippen LogP contribution in [0.1, 0.15) is 68.8 Å². The Labute approximate surface area is 272 Å². The van der Waals surface area contributed by atoms with Gasteiger partial charge in [0.15, 0.2) is 0 Å². The van der Waals surface area contributed by atoms with Gasteiger partial charge in [0.2, 0.25) is 12.1 Å². The zero-order chi connectivity index (χ0) is 32.8. The van der Waals surface area contributed by atoms with Gasteiger partial charge in [-0.1, -0.05) is 61.0 Å². The minimum absolute atomic E-state index is 0.164. The maximum absolute atomic E-state index is 13.4. The molecule has 1 fully saturated rings. The zero-order valence-electron chi connectivity index (χ0n) is 26.8. The van der Waals surface area contributed by atoms with Gasteiger partial charge >= 0.3 is 12.1 Å². The molecule has 0 amide bonds. The van der Waals surface area contributed by atoms with Crippen LogP contribution in [0.4, 0.5) is 4.79 Å². The third-order valence-corrected chi connectivity index (χ3v) is 8.08. The van der Waals surface area contributed by atoms with Crippen LogP contribution in [0.3, 0.4) is 0 Å². The van der Waals surface area contributed by atoms with Crippen LogP contribution < -0.4 is 4.74 Å². The van der Waals surface area contributed by atoms with Crippen LogP contribution in [0.15, 0.2) is 66.7 Å². The van der Waals surface area contributed by atoms with Gasteiger partial charge < -0.3 is 18.9 Å². The van der Waals surface area contributed by atoms with Crippen LogP contribution in [-0.2, 0) is 27.3 Å². The highest BCUT2D eigenvalue weighted by molar-refractivity contribution is 6.02. The van der Waals surface area contributed by atoms with Crippen molar-refractivity contribution in [2.45, 2.75) is 78.4 Å². The van der Waals surface area contributed by atoms with Gasteiger partial charge in [-0.2, -0.15) is 9.78 Å². The maximum atomic E-state index is 13.4. The molecule has 0 N–H and O–H groups in total. The average Bonchev–Trinajstić information content (AvgIpc) is 3.70. The van der Waals surface area contributed by atoms with E-state index in [1.807, 2.05) is 73.0 Å². The first-order valence-corrected chi connectivity index (χ1v) is 16.1. The molecule has 5 aromatic rings.